The fraction of sp³-hybridized carbons (Fsp3) is 0.200. The van der Waals surface area contributed by atoms with Gasteiger partial charge in [-0.25, -0.2) is 0 Å². The normalized spacial score (nSPS) is 15.4. The second-order valence-corrected chi connectivity index (χ2v) is 5.11. The van der Waals surface area contributed by atoms with Gasteiger partial charge in [-0.3, -0.25) is 0 Å². The number of aromatic hydroxyl groups is 1. The third-order valence-corrected chi connectivity index (χ3v) is 3.87. The van der Waals surface area contributed by atoms with E-state index in [9.17, 15) is 5.11 Å². The molecule has 3 N–H and O–H groups in total. The molecular weight excluding hydrogens is 252 g/mol. The molecule has 1 aliphatic rings. The van der Waals surface area contributed by atoms with E-state index in [4.69, 9.17) is 0 Å². The molecule has 0 aliphatic carbocycles. The molecule has 1 fully saturated rings. The van der Waals surface area contributed by atoms with E-state index in [0.717, 1.165) is 24.1 Å². The van der Waals surface area contributed by atoms with Crippen LogP contribution in [0.15, 0.2) is 36.5 Å². The van der Waals surface area contributed by atoms with Crippen LogP contribution in [-0.2, 0) is 0 Å². The molecule has 1 aromatic carbocycles. The predicted molar refractivity (Wildman–Crippen MR) is 76.6 cm³/mol. The van der Waals surface area contributed by atoms with Gasteiger partial charge in [0.2, 0.25) is 0 Å². The van der Waals surface area contributed by atoms with Crippen LogP contribution >= 0.6 is 0 Å². The highest BCUT2D eigenvalue weighted by atomic mass is 16.3. The first kappa shape index (κ1) is 11.4. The molecule has 20 heavy (non-hydrogen) atoms. The van der Waals surface area contributed by atoms with Crippen molar-refractivity contribution in [2.45, 2.75) is 5.92 Å². The van der Waals surface area contributed by atoms with E-state index in [2.05, 4.69) is 20.5 Å². The van der Waals surface area contributed by atoms with Gasteiger partial charge in [0.25, 0.3) is 0 Å². The number of benzene rings is 1. The summed E-state index contributed by atoms with van der Waals surface area (Å²) < 4.78 is 0. The SMILES string of the molecule is Oc1ccccc1-c1cc2c(C3CNC3)c[nH]c2nn1. The van der Waals surface area contributed by atoms with Crippen LogP contribution in [0, 0.1) is 0 Å². The van der Waals surface area contributed by atoms with Crippen LogP contribution in [0.4, 0.5) is 0 Å². The molecule has 0 radical (unpaired) electrons. The third kappa shape index (κ3) is 1.67. The van der Waals surface area contributed by atoms with Gasteiger partial charge in [-0.2, -0.15) is 0 Å². The molecule has 5 heteroatoms. The molecule has 0 atom stereocenters. The van der Waals surface area contributed by atoms with Gasteiger partial charge in [-0.1, -0.05) is 12.1 Å². The summed E-state index contributed by atoms with van der Waals surface area (Å²) in [4.78, 5) is 3.17. The Morgan fingerprint density at radius 2 is 2.00 bits per heavy atom. The first-order valence-corrected chi connectivity index (χ1v) is 6.67. The highest BCUT2D eigenvalue weighted by Gasteiger charge is 2.22. The van der Waals surface area contributed by atoms with Crippen molar-refractivity contribution in [3.05, 3.63) is 42.1 Å². The molecule has 4 rings (SSSR count). The van der Waals surface area contributed by atoms with Crippen LogP contribution in [-0.4, -0.2) is 33.4 Å². The lowest BCUT2D eigenvalue weighted by atomic mass is 9.93. The molecule has 0 saturated carbocycles. The molecule has 3 aromatic rings. The van der Waals surface area contributed by atoms with Crippen LogP contribution in [0.25, 0.3) is 22.3 Å². The van der Waals surface area contributed by atoms with Crippen molar-refractivity contribution < 1.29 is 5.11 Å². The Kier molecular flexibility index (Phi) is 2.47. The van der Waals surface area contributed by atoms with E-state index in [-0.39, 0.29) is 5.75 Å². The summed E-state index contributed by atoms with van der Waals surface area (Å²) in [6.45, 7) is 2.00. The Balaban J connectivity index is 1.87. The zero-order valence-corrected chi connectivity index (χ0v) is 10.8. The number of nitrogens with zero attached hydrogens (tertiary/aromatic N) is 2. The maximum Gasteiger partial charge on any atom is 0.160 e. The summed E-state index contributed by atoms with van der Waals surface area (Å²) in [6.07, 6.45) is 2.01. The highest BCUT2D eigenvalue weighted by molar-refractivity contribution is 5.84. The van der Waals surface area contributed by atoms with Crippen LogP contribution in [0.2, 0.25) is 0 Å². The summed E-state index contributed by atoms with van der Waals surface area (Å²) in [5.74, 6) is 0.758. The molecule has 0 spiro atoms. The Bertz CT molecular complexity index is 776. The molecule has 1 aliphatic heterocycles. The largest absolute Gasteiger partial charge is 0.507 e. The minimum Gasteiger partial charge on any atom is -0.507 e. The first-order chi connectivity index (χ1) is 9.83. The molecular formula is C15H14N4O. The summed E-state index contributed by atoms with van der Waals surface area (Å²) in [5, 5.41) is 22.7. The Hall–Kier alpha value is -2.40. The molecule has 3 heterocycles. The number of hydrogen-bond donors (Lipinski definition) is 3. The van der Waals surface area contributed by atoms with Gasteiger partial charge in [0.15, 0.2) is 5.65 Å². The van der Waals surface area contributed by atoms with Crippen molar-refractivity contribution in [2.24, 2.45) is 0 Å². The summed E-state index contributed by atoms with van der Waals surface area (Å²) in [7, 11) is 0. The maximum absolute atomic E-state index is 9.94. The van der Waals surface area contributed by atoms with Gasteiger partial charge in [-0.05, 0) is 23.8 Å². The zero-order chi connectivity index (χ0) is 13.5. The fourth-order valence-electron chi connectivity index (χ4n) is 2.61. The lowest BCUT2D eigenvalue weighted by Gasteiger charge is -2.26. The van der Waals surface area contributed by atoms with Crippen molar-refractivity contribution in [2.75, 3.05) is 13.1 Å². The number of phenols is 1. The molecule has 100 valence electrons. The topological polar surface area (TPSA) is 73.8 Å². The van der Waals surface area contributed by atoms with E-state index in [0.29, 0.717) is 17.2 Å². The number of aromatic amines is 1. The van der Waals surface area contributed by atoms with Crippen molar-refractivity contribution in [3.8, 4) is 17.0 Å². The van der Waals surface area contributed by atoms with Crippen molar-refractivity contribution >= 4 is 11.0 Å². The molecule has 0 bridgehead atoms. The number of fused-ring (bicyclic) bond motifs is 1. The Labute approximate surface area is 115 Å². The van der Waals surface area contributed by atoms with Crippen molar-refractivity contribution in [3.63, 3.8) is 0 Å². The minimum absolute atomic E-state index is 0.226. The molecule has 0 amide bonds. The van der Waals surface area contributed by atoms with Gasteiger partial charge in [0.05, 0.1) is 5.69 Å². The van der Waals surface area contributed by atoms with Crippen LogP contribution in [0.1, 0.15) is 11.5 Å². The second kappa shape index (κ2) is 4.31. The van der Waals surface area contributed by atoms with Gasteiger partial charge in [-0.15, -0.1) is 10.2 Å². The van der Waals surface area contributed by atoms with Crippen LogP contribution in [0.5, 0.6) is 5.75 Å². The summed E-state index contributed by atoms with van der Waals surface area (Å²) in [5.41, 5.74) is 3.47. The molecule has 2 aromatic heterocycles. The molecule has 0 unspecified atom stereocenters. The van der Waals surface area contributed by atoms with E-state index in [1.165, 1.54) is 5.56 Å². The van der Waals surface area contributed by atoms with Gasteiger partial charge >= 0.3 is 0 Å². The lowest BCUT2D eigenvalue weighted by Crippen LogP contribution is -2.39. The number of phenolic OH excluding ortho intramolecular Hbond substituents is 1. The van der Waals surface area contributed by atoms with E-state index in [1.807, 2.05) is 24.4 Å². The average molecular weight is 266 g/mol. The van der Waals surface area contributed by atoms with Gasteiger partial charge in [0, 0.05) is 36.2 Å². The average Bonchev–Trinajstić information content (AvgIpc) is 2.81. The standard InChI is InChI=1S/C15H14N4O/c20-14-4-2-1-3-10(14)13-5-11-12(9-6-16-7-9)8-17-15(11)19-18-13/h1-5,8-9,16,20H,6-7H2,(H,17,19). The highest BCUT2D eigenvalue weighted by Crippen LogP contribution is 2.32. The molecule has 5 nitrogen and oxygen atoms in total. The van der Waals surface area contributed by atoms with Gasteiger partial charge < -0.3 is 15.4 Å². The number of para-hydroxylation sites is 1. The quantitative estimate of drug-likeness (QED) is 0.663. The fourth-order valence-corrected chi connectivity index (χ4v) is 2.61. The first-order valence-electron chi connectivity index (χ1n) is 6.67. The number of rotatable bonds is 2. The summed E-state index contributed by atoms with van der Waals surface area (Å²) in [6, 6.07) is 9.19. The maximum atomic E-state index is 9.94. The summed E-state index contributed by atoms with van der Waals surface area (Å²) >= 11 is 0. The number of nitrogens with one attached hydrogen (secondary N) is 2. The minimum atomic E-state index is 0.226. The Morgan fingerprint density at radius 1 is 1.15 bits per heavy atom. The molecule has 1 saturated heterocycles. The van der Waals surface area contributed by atoms with Crippen LogP contribution in [0.3, 0.4) is 0 Å². The third-order valence-electron chi connectivity index (χ3n) is 3.87. The van der Waals surface area contributed by atoms with E-state index < -0.39 is 0 Å². The lowest BCUT2D eigenvalue weighted by molar-refractivity contribution is 0.451. The number of hydrogen-bond acceptors (Lipinski definition) is 4. The van der Waals surface area contributed by atoms with E-state index >= 15 is 0 Å². The van der Waals surface area contributed by atoms with Crippen molar-refractivity contribution in [1.29, 1.82) is 0 Å². The van der Waals surface area contributed by atoms with E-state index in [1.54, 1.807) is 12.1 Å². The number of H-pyrrole nitrogens is 1. The second-order valence-electron chi connectivity index (χ2n) is 5.11. The van der Waals surface area contributed by atoms with Crippen LogP contribution < -0.4 is 5.32 Å². The number of aromatic nitrogens is 3. The smallest absolute Gasteiger partial charge is 0.160 e. The zero-order valence-electron chi connectivity index (χ0n) is 10.8. The Morgan fingerprint density at radius 3 is 2.75 bits per heavy atom. The monoisotopic (exact) mass is 266 g/mol. The van der Waals surface area contributed by atoms with Gasteiger partial charge in [0.1, 0.15) is 5.75 Å². The predicted octanol–water partition coefficient (Wildman–Crippen LogP) is 2.02. The van der Waals surface area contributed by atoms with Crippen molar-refractivity contribution in [1.82, 2.24) is 20.5 Å².